The van der Waals surface area contributed by atoms with Crippen molar-refractivity contribution in [1.29, 1.82) is 0 Å². The van der Waals surface area contributed by atoms with E-state index in [4.69, 9.17) is 0 Å². The summed E-state index contributed by atoms with van der Waals surface area (Å²) < 4.78 is 160. The van der Waals surface area contributed by atoms with E-state index in [9.17, 15) is 52.7 Å². The van der Waals surface area contributed by atoms with Crippen molar-refractivity contribution in [3.05, 3.63) is 117 Å². The second kappa shape index (κ2) is 19.2. The van der Waals surface area contributed by atoms with Crippen LogP contribution in [-0.2, 0) is 41.8 Å². The molecular formula is C44H46F12FeP2. The minimum Gasteiger partial charge on any atom is -0.166 e. The molecule has 0 spiro atoms. The van der Waals surface area contributed by atoms with Gasteiger partial charge in [-0.1, -0.05) is 91.3 Å². The number of benzene rings is 4. The van der Waals surface area contributed by atoms with Crippen molar-refractivity contribution in [3.8, 4) is 0 Å². The third-order valence-electron chi connectivity index (χ3n) is 10.8. The fourth-order valence-electron chi connectivity index (χ4n) is 8.34. The second-order valence-corrected chi connectivity index (χ2v) is 20.8. The topological polar surface area (TPSA) is 0 Å². The van der Waals surface area contributed by atoms with Crippen molar-refractivity contribution in [3.63, 3.8) is 0 Å². The van der Waals surface area contributed by atoms with Crippen LogP contribution in [0.5, 0.6) is 0 Å². The summed E-state index contributed by atoms with van der Waals surface area (Å²) in [6.45, 7) is 11.5. The minimum atomic E-state index is -5.21. The smallest absolute Gasteiger partial charge is 0.166 e. The summed E-state index contributed by atoms with van der Waals surface area (Å²) in [6.07, 6.45) is -13.6. The summed E-state index contributed by atoms with van der Waals surface area (Å²) in [4.78, 5) is 0. The van der Waals surface area contributed by atoms with Gasteiger partial charge in [-0.15, -0.1) is 0 Å². The average Bonchev–Trinajstić information content (AvgIpc) is 3.82. The molecule has 4 aromatic carbocycles. The third kappa shape index (κ3) is 12.7. The summed E-state index contributed by atoms with van der Waals surface area (Å²) in [6, 6.07) is 15.7. The van der Waals surface area contributed by atoms with E-state index in [0.29, 0.717) is 37.1 Å². The second-order valence-electron chi connectivity index (χ2n) is 15.7. The number of rotatable bonds is 7. The predicted octanol–water partition coefficient (Wildman–Crippen LogP) is 14.1. The summed E-state index contributed by atoms with van der Waals surface area (Å²) in [5, 5.41) is 2.01. The number of hydrogen-bond acceptors (Lipinski definition) is 0. The molecule has 0 radical (unpaired) electrons. The van der Waals surface area contributed by atoms with E-state index in [1.165, 1.54) is 47.9 Å². The maximum Gasteiger partial charge on any atom is 0.416 e. The van der Waals surface area contributed by atoms with Crippen LogP contribution >= 0.6 is 15.8 Å². The molecule has 0 aromatic heterocycles. The molecule has 2 fully saturated rings. The largest absolute Gasteiger partial charge is 0.416 e. The summed E-state index contributed by atoms with van der Waals surface area (Å²) in [5.74, 6) is 0.901. The maximum absolute atomic E-state index is 13.4. The third-order valence-corrected chi connectivity index (χ3v) is 16.6. The van der Waals surface area contributed by atoms with Gasteiger partial charge < -0.3 is 0 Å². The first kappa shape index (κ1) is 49.1. The van der Waals surface area contributed by atoms with Gasteiger partial charge in [0.25, 0.3) is 0 Å². The van der Waals surface area contributed by atoms with Crippen molar-refractivity contribution in [2.45, 2.75) is 122 Å². The molecule has 2 saturated carbocycles. The van der Waals surface area contributed by atoms with Crippen molar-refractivity contribution in [1.82, 2.24) is 0 Å². The molecule has 59 heavy (non-hydrogen) atoms. The maximum atomic E-state index is 13.4. The zero-order chi connectivity index (χ0) is 43.0. The number of halogens is 12. The normalized spacial score (nSPS) is 16.3. The van der Waals surface area contributed by atoms with E-state index in [2.05, 4.69) is 71.0 Å². The van der Waals surface area contributed by atoms with E-state index in [1.807, 2.05) is 0 Å². The molecule has 0 N–H and O–H groups in total. The molecule has 1 atom stereocenters. The van der Waals surface area contributed by atoms with Crippen molar-refractivity contribution in [2.75, 3.05) is 0 Å². The zero-order valence-corrected chi connectivity index (χ0v) is 36.0. The van der Waals surface area contributed by atoms with Gasteiger partial charge in [0, 0.05) is 17.1 Å². The molecule has 324 valence electrons. The van der Waals surface area contributed by atoms with Gasteiger partial charge in [0.15, 0.2) is 0 Å². The van der Waals surface area contributed by atoms with Crippen LogP contribution in [0.3, 0.4) is 0 Å². The fourth-order valence-corrected chi connectivity index (χ4v) is 14.8. The van der Waals surface area contributed by atoms with Gasteiger partial charge >= 0.3 is 24.7 Å². The molecule has 0 aliphatic heterocycles. The molecule has 0 unspecified atom stereocenters. The fraction of sp³-hybridized carbons (Fsp3) is 0.455. The molecular weight excluding hydrogens is 874 g/mol. The Morgan fingerprint density at radius 3 is 1.00 bits per heavy atom. The standard InChI is InChI=1S/C23H31P.C21H15F12P.Fe/c1-16-10-17(2)13-22(12-16)24(20(5)21-8-6-7-9-21)23-14-18(3)11-19(4)15-23;22-18(23,24)11-5-12(19(25,26)27)8-16(7-11)34(15-3-1-2-4-15)17-9-13(20(28,29)30)6-14(10-17)21(31,32)33;/h10-15,20-21H,6-9H2,1-5H3;5-10,15H,1-4H2;/t20-;;/m1../s1. The monoisotopic (exact) mass is 920 g/mol. The van der Waals surface area contributed by atoms with Gasteiger partial charge in [0.1, 0.15) is 0 Å². The summed E-state index contributed by atoms with van der Waals surface area (Å²) in [7, 11) is -2.69. The Hall–Kier alpha value is -2.58. The summed E-state index contributed by atoms with van der Waals surface area (Å²) in [5.41, 5.74) is -0.996. The molecule has 0 heterocycles. The van der Waals surface area contributed by atoms with Crippen molar-refractivity contribution in [2.24, 2.45) is 5.92 Å². The van der Waals surface area contributed by atoms with Crippen LogP contribution in [0.4, 0.5) is 52.7 Å². The molecule has 2 aliphatic rings. The minimum absolute atomic E-state index is 0. The average molecular weight is 921 g/mol. The van der Waals surface area contributed by atoms with Crippen molar-refractivity contribution >= 4 is 37.1 Å². The van der Waals surface area contributed by atoms with E-state index in [0.717, 1.165) is 11.6 Å². The Balaban J connectivity index is 0.000000271. The molecule has 0 amide bonds. The van der Waals surface area contributed by atoms with Gasteiger partial charge in [0.05, 0.1) is 22.3 Å². The van der Waals surface area contributed by atoms with Gasteiger partial charge in [-0.2, -0.15) is 52.7 Å². The van der Waals surface area contributed by atoms with Crippen LogP contribution in [0.15, 0.2) is 72.8 Å². The number of aryl methyl sites for hydroxylation is 4. The molecule has 0 nitrogen and oxygen atoms in total. The SMILES string of the molecule is Cc1cc(C)cc(P(c2cc(C)cc(C)c2)[C@H](C)C2CCCC2)c1.FC(F)(F)c1cc(P(c2cc(C(F)(F)F)cc(C(F)(F)F)c2)C2CCCC2)cc(C(F)(F)F)c1.[Fe]. The van der Waals surface area contributed by atoms with E-state index in [1.54, 1.807) is 10.6 Å². The quantitative estimate of drug-likeness (QED) is 0.0984. The van der Waals surface area contributed by atoms with Crippen LogP contribution in [0.1, 0.15) is 103 Å². The van der Waals surface area contributed by atoms with Gasteiger partial charge in [0.2, 0.25) is 0 Å². The van der Waals surface area contributed by atoms with Gasteiger partial charge in [-0.3, -0.25) is 0 Å². The predicted molar refractivity (Wildman–Crippen MR) is 211 cm³/mol. The Morgan fingerprint density at radius 2 is 0.712 bits per heavy atom. The first-order valence-electron chi connectivity index (χ1n) is 19.2. The molecule has 2 aliphatic carbocycles. The van der Waals surface area contributed by atoms with Crippen LogP contribution in [0.2, 0.25) is 0 Å². The molecule has 4 aromatic rings. The molecule has 15 heteroatoms. The van der Waals surface area contributed by atoms with Crippen LogP contribution < -0.4 is 21.2 Å². The Labute approximate surface area is 350 Å². The first-order chi connectivity index (χ1) is 26.8. The van der Waals surface area contributed by atoms with E-state index in [-0.39, 0.29) is 50.0 Å². The molecule has 0 saturated heterocycles. The van der Waals surface area contributed by atoms with Gasteiger partial charge in [-0.05, 0) is 144 Å². The first-order valence-corrected chi connectivity index (χ1v) is 22.0. The zero-order valence-electron chi connectivity index (χ0n) is 33.1. The molecule has 6 rings (SSSR count). The number of hydrogen-bond donors (Lipinski definition) is 0. The summed E-state index contributed by atoms with van der Waals surface area (Å²) >= 11 is 0. The Kier molecular flexibility index (Phi) is 16.0. The molecule has 0 bridgehead atoms. The number of alkyl halides is 12. The van der Waals surface area contributed by atoms with Crippen LogP contribution in [0.25, 0.3) is 0 Å². The van der Waals surface area contributed by atoms with Crippen LogP contribution in [-0.4, -0.2) is 11.3 Å². The van der Waals surface area contributed by atoms with E-state index >= 15 is 0 Å². The Morgan fingerprint density at radius 1 is 0.424 bits per heavy atom. The van der Waals surface area contributed by atoms with Crippen molar-refractivity contribution < 1.29 is 69.8 Å². The van der Waals surface area contributed by atoms with E-state index < -0.39 is 71.1 Å². The van der Waals surface area contributed by atoms with Crippen LogP contribution in [0, 0.1) is 33.6 Å². The van der Waals surface area contributed by atoms with Gasteiger partial charge in [-0.25, -0.2) is 0 Å². The Bertz CT molecular complexity index is 1810.